The highest BCUT2D eigenvalue weighted by Gasteiger charge is 2.22. The second kappa shape index (κ2) is 6.00. The molecule has 6 nitrogen and oxygen atoms in total. The minimum atomic E-state index is 0.135. The average Bonchev–Trinajstić information content (AvgIpc) is 2.97. The minimum absolute atomic E-state index is 0.135. The predicted molar refractivity (Wildman–Crippen MR) is 87.2 cm³/mol. The van der Waals surface area contributed by atoms with E-state index in [-0.39, 0.29) is 5.91 Å². The van der Waals surface area contributed by atoms with Gasteiger partial charge in [0.25, 0.3) is 0 Å². The topological polar surface area (TPSA) is 54.9 Å². The van der Waals surface area contributed by atoms with Gasteiger partial charge in [-0.05, 0) is 12.1 Å². The van der Waals surface area contributed by atoms with E-state index in [1.807, 2.05) is 17.0 Å². The first-order valence-electron chi connectivity index (χ1n) is 7.16. The number of thiazole rings is 1. The zero-order valence-electron chi connectivity index (χ0n) is 13.0. The summed E-state index contributed by atoms with van der Waals surface area (Å²) in [6, 6.07) is 3.90. The largest absolute Gasteiger partial charge is 0.493 e. The molecule has 2 aromatic rings. The van der Waals surface area contributed by atoms with Gasteiger partial charge in [0.05, 0.1) is 18.9 Å². The first-order valence-corrected chi connectivity index (χ1v) is 7.97. The Morgan fingerprint density at radius 3 is 2.50 bits per heavy atom. The number of aromatic nitrogens is 1. The number of hydrogen-bond acceptors (Lipinski definition) is 6. The summed E-state index contributed by atoms with van der Waals surface area (Å²) in [6.45, 7) is 4.71. The Morgan fingerprint density at radius 1 is 1.18 bits per heavy atom. The van der Waals surface area contributed by atoms with E-state index in [1.54, 1.807) is 32.5 Å². The van der Waals surface area contributed by atoms with Crippen LogP contribution >= 0.6 is 11.3 Å². The molecule has 1 fully saturated rings. The van der Waals surface area contributed by atoms with E-state index in [0.717, 1.165) is 41.5 Å². The summed E-state index contributed by atoms with van der Waals surface area (Å²) in [6.07, 6.45) is 0. The smallest absolute Gasteiger partial charge is 0.219 e. The zero-order chi connectivity index (χ0) is 15.7. The molecule has 0 unspecified atom stereocenters. The molecule has 1 aromatic heterocycles. The number of anilines is 1. The number of rotatable bonds is 3. The monoisotopic (exact) mass is 321 g/mol. The molecule has 1 aliphatic heterocycles. The lowest BCUT2D eigenvalue weighted by molar-refractivity contribution is -0.129. The van der Waals surface area contributed by atoms with Crippen LogP contribution in [-0.4, -0.2) is 56.2 Å². The number of carbonyl (C=O) groups is 1. The Balaban J connectivity index is 1.88. The van der Waals surface area contributed by atoms with Crippen LogP contribution in [0.15, 0.2) is 12.1 Å². The number of methoxy groups -OCH3 is 2. The number of benzene rings is 1. The van der Waals surface area contributed by atoms with Crippen LogP contribution in [0.25, 0.3) is 10.2 Å². The molecule has 0 saturated carbocycles. The van der Waals surface area contributed by atoms with E-state index in [9.17, 15) is 4.79 Å². The van der Waals surface area contributed by atoms with Crippen LogP contribution in [0.3, 0.4) is 0 Å². The number of nitrogens with zero attached hydrogens (tertiary/aromatic N) is 3. The molecule has 0 spiro atoms. The Hall–Kier alpha value is -2.02. The lowest BCUT2D eigenvalue weighted by Crippen LogP contribution is -2.48. The van der Waals surface area contributed by atoms with Gasteiger partial charge in [-0.3, -0.25) is 4.79 Å². The fourth-order valence-corrected chi connectivity index (χ4v) is 3.66. The molecule has 1 amide bonds. The highest BCUT2D eigenvalue weighted by Crippen LogP contribution is 2.39. The molecule has 2 heterocycles. The van der Waals surface area contributed by atoms with Crippen molar-refractivity contribution in [2.45, 2.75) is 6.92 Å². The van der Waals surface area contributed by atoms with Crippen molar-refractivity contribution in [3.63, 3.8) is 0 Å². The molecule has 3 rings (SSSR count). The second-order valence-corrected chi connectivity index (χ2v) is 6.15. The summed E-state index contributed by atoms with van der Waals surface area (Å²) in [5, 5.41) is 0.963. The van der Waals surface area contributed by atoms with Crippen molar-refractivity contribution in [1.29, 1.82) is 0 Å². The van der Waals surface area contributed by atoms with Gasteiger partial charge >= 0.3 is 0 Å². The van der Waals surface area contributed by atoms with E-state index in [2.05, 4.69) is 4.90 Å². The minimum Gasteiger partial charge on any atom is -0.493 e. The third-order valence-corrected chi connectivity index (χ3v) is 4.97. The predicted octanol–water partition coefficient (Wildman–Crippen LogP) is 1.98. The summed E-state index contributed by atoms with van der Waals surface area (Å²) in [4.78, 5) is 20.2. The fraction of sp³-hybridized carbons (Fsp3) is 0.467. The molecule has 0 N–H and O–H groups in total. The van der Waals surface area contributed by atoms with Gasteiger partial charge in [0.2, 0.25) is 5.91 Å². The Bertz CT molecular complexity index is 693. The maximum Gasteiger partial charge on any atom is 0.219 e. The van der Waals surface area contributed by atoms with Gasteiger partial charge < -0.3 is 19.3 Å². The highest BCUT2D eigenvalue weighted by molar-refractivity contribution is 7.22. The maximum atomic E-state index is 11.4. The van der Waals surface area contributed by atoms with Crippen LogP contribution in [0.2, 0.25) is 0 Å². The lowest BCUT2D eigenvalue weighted by Gasteiger charge is -2.33. The van der Waals surface area contributed by atoms with Crippen LogP contribution in [0.1, 0.15) is 6.92 Å². The van der Waals surface area contributed by atoms with Crippen molar-refractivity contribution >= 4 is 32.6 Å². The zero-order valence-corrected chi connectivity index (χ0v) is 13.8. The van der Waals surface area contributed by atoms with E-state index >= 15 is 0 Å². The van der Waals surface area contributed by atoms with Crippen LogP contribution in [-0.2, 0) is 4.79 Å². The molecule has 1 saturated heterocycles. The second-order valence-electron chi connectivity index (χ2n) is 5.14. The Kier molecular flexibility index (Phi) is 4.06. The quantitative estimate of drug-likeness (QED) is 0.865. The maximum absolute atomic E-state index is 11.4. The number of piperazine rings is 1. The molecule has 1 aromatic carbocycles. The van der Waals surface area contributed by atoms with Gasteiger partial charge in [0, 0.05) is 33.1 Å². The normalized spacial score (nSPS) is 15.2. The summed E-state index contributed by atoms with van der Waals surface area (Å²) < 4.78 is 11.8. The van der Waals surface area contributed by atoms with Gasteiger partial charge in [-0.25, -0.2) is 4.98 Å². The van der Waals surface area contributed by atoms with Crippen molar-refractivity contribution < 1.29 is 14.3 Å². The molecule has 0 atom stereocenters. The number of amides is 1. The Morgan fingerprint density at radius 2 is 1.91 bits per heavy atom. The average molecular weight is 321 g/mol. The van der Waals surface area contributed by atoms with Crippen molar-refractivity contribution in [3.05, 3.63) is 12.1 Å². The number of fused-ring (bicyclic) bond motifs is 1. The molecular formula is C15H19N3O3S. The van der Waals surface area contributed by atoms with Crippen molar-refractivity contribution in [3.8, 4) is 11.5 Å². The number of carbonyl (C=O) groups excluding carboxylic acids is 1. The van der Waals surface area contributed by atoms with Gasteiger partial charge in [-0.1, -0.05) is 11.3 Å². The van der Waals surface area contributed by atoms with E-state index in [4.69, 9.17) is 14.5 Å². The first-order chi connectivity index (χ1) is 10.6. The molecule has 1 aliphatic rings. The van der Waals surface area contributed by atoms with Crippen LogP contribution in [0.4, 0.5) is 5.13 Å². The van der Waals surface area contributed by atoms with E-state index < -0.39 is 0 Å². The van der Waals surface area contributed by atoms with Gasteiger partial charge in [-0.2, -0.15) is 0 Å². The van der Waals surface area contributed by atoms with Crippen molar-refractivity contribution in [1.82, 2.24) is 9.88 Å². The molecule has 0 radical (unpaired) electrons. The lowest BCUT2D eigenvalue weighted by atomic mass is 10.3. The van der Waals surface area contributed by atoms with Gasteiger partial charge in [-0.15, -0.1) is 0 Å². The Labute approximate surface area is 133 Å². The first kappa shape index (κ1) is 14.9. The third-order valence-electron chi connectivity index (χ3n) is 3.89. The summed E-state index contributed by atoms with van der Waals surface area (Å²) >= 11 is 1.64. The van der Waals surface area contributed by atoms with Crippen LogP contribution in [0, 0.1) is 0 Å². The SMILES string of the molecule is COc1ccc2sc(N3CCN(C(C)=O)CC3)nc2c1OC. The van der Waals surface area contributed by atoms with Crippen molar-refractivity contribution in [2.24, 2.45) is 0 Å². The number of ether oxygens (including phenoxy) is 2. The molecule has 7 heteroatoms. The molecular weight excluding hydrogens is 302 g/mol. The summed E-state index contributed by atoms with van der Waals surface area (Å²) in [5.41, 5.74) is 0.829. The third kappa shape index (κ3) is 2.56. The standard InChI is InChI=1S/C15H19N3O3S/c1-10(19)17-6-8-18(9-7-17)15-16-13-12(22-15)5-4-11(20-2)14(13)21-3/h4-5H,6-9H2,1-3H3. The van der Waals surface area contributed by atoms with Crippen molar-refractivity contribution in [2.75, 3.05) is 45.3 Å². The molecule has 0 bridgehead atoms. The molecule has 118 valence electrons. The fourth-order valence-electron chi connectivity index (χ4n) is 2.65. The van der Waals surface area contributed by atoms with Crippen LogP contribution in [0.5, 0.6) is 11.5 Å². The molecule has 0 aliphatic carbocycles. The van der Waals surface area contributed by atoms with Gasteiger partial charge in [0.15, 0.2) is 16.6 Å². The highest BCUT2D eigenvalue weighted by atomic mass is 32.1. The molecule has 22 heavy (non-hydrogen) atoms. The summed E-state index contributed by atoms with van der Waals surface area (Å²) in [7, 11) is 3.25. The van der Waals surface area contributed by atoms with Gasteiger partial charge in [0.1, 0.15) is 5.52 Å². The summed E-state index contributed by atoms with van der Waals surface area (Å²) in [5.74, 6) is 1.49. The number of hydrogen-bond donors (Lipinski definition) is 0. The van der Waals surface area contributed by atoms with E-state index in [1.165, 1.54) is 0 Å². The van der Waals surface area contributed by atoms with Crippen LogP contribution < -0.4 is 14.4 Å². The van der Waals surface area contributed by atoms with E-state index in [0.29, 0.717) is 11.5 Å².